The quantitative estimate of drug-likeness (QED) is 0.782. The Morgan fingerprint density at radius 3 is 3.00 bits per heavy atom. The van der Waals surface area contributed by atoms with Gasteiger partial charge in [0.2, 0.25) is 0 Å². The standard InChI is InChI=1S/C11H16ClN3O3/c1-2-14-3-4-18-8(6-14)7-15-10(16)5-9(12)13-11(15)17/h5,8H,2-4,6-7H2,1H3,(H,13,17). The van der Waals surface area contributed by atoms with Gasteiger partial charge in [-0.3, -0.25) is 19.2 Å². The van der Waals surface area contributed by atoms with E-state index in [0.717, 1.165) is 24.2 Å². The topological polar surface area (TPSA) is 67.3 Å². The molecule has 1 unspecified atom stereocenters. The first kappa shape index (κ1) is 13.3. The van der Waals surface area contributed by atoms with E-state index in [1.165, 1.54) is 6.07 Å². The van der Waals surface area contributed by atoms with Gasteiger partial charge < -0.3 is 4.74 Å². The molecule has 1 fully saturated rings. The fraction of sp³-hybridized carbons (Fsp3) is 0.636. The number of nitrogens with zero attached hydrogens (tertiary/aromatic N) is 2. The van der Waals surface area contributed by atoms with Crippen molar-refractivity contribution < 1.29 is 4.74 Å². The molecule has 1 saturated heterocycles. The zero-order valence-electron chi connectivity index (χ0n) is 10.2. The van der Waals surface area contributed by atoms with Crippen molar-refractivity contribution in [1.29, 1.82) is 0 Å². The van der Waals surface area contributed by atoms with Crippen LogP contribution in [0.15, 0.2) is 15.7 Å². The average Bonchev–Trinajstić information content (AvgIpc) is 2.34. The Morgan fingerprint density at radius 1 is 1.56 bits per heavy atom. The lowest BCUT2D eigenvalue weighted by molar-refractivity contribution is -0.0352. The molecule has 1 N–H and O–H groups in total. The fourth-order valence-corrected chi connectivity index (χ4v) is 2.22. The van der Waals surface area contributed by atoms with Crippen LogP contribution in [0.4, 0.5) is 0 Å². The minimum absolute atomic E-state index is 0.0565. The molecule has 0 aromatic carbocycles. The maximum Gasteiger partial charge on any atom is 0.329 e. The molecule has 100 valence electrons. The summed E-state index contributed by atoms with van der Waals surface area (Å²) in [5.74, 6) is 0. The number of rotatable bonds is 3. The molecule has 1 aliphatic heterocycles. The van der Waals surface area contributed by atoms with Crippen molar-refractivity contribution in [3.05, 3.63) is 32.1 Å². The van der Waals surface area contributed by atoms with E-state index in [4.69, 9.17) is 16.3 Å². The Bertz CT molecular complexity index is 494. The number of aromatic nitrogens is 2. The summed E-state index contributed by atoms with van der Waals surface area (Å²) in [6, 6.07) is 1.20. The van der Waals surface area contributed by atoms with Crippen LogP contribution in [0.25, 0.3) is 0 Å². The molecule has 2 rings (SSSR count). The van der Waals surface area contributed by atoms with Crippen LogP contribution in [0.5, 0.6) is 0 Å². The Kier molecular flexibility index (Phi) is 4.21. The maximum absolute atomic E-state index is 11.7. The van der Waals surface area contributed by atoms with Crippen LogP contribution >= 0.6 is 11.6 Å². The van der Waals surface area contributed by atoms with E-state index in [-0.39, 0.29) is 17.8 Å². The van der Waals surface area contributed by atoms with Crippen LogP contribution in [0, 0.1) is 0 Å². The number of ether oxygens (including phenoxy) is 1. The minimum Gasteiger partial charge on any atom is -0.374 e. The molecule has 6 nitrogen and oxygen atoms in total. The third kappa shape index (κ3) is 3.01. The number of likely N-dealkylation sites (N-methyl/N-ethyl adjacent to an activating group) is 1. The molecule has 7 heteroatoms. The molecule has 0 spiro atoms. The van der Waals surface area contributed by atoms with E-state index in [2.05, 4.69) is 16.8 Å². The SMILES string of the molecule is CCN1CCOC(Cn2c(=O)cc(Cl)[nH]c2=O)C1. The smallest absolute Gasteiger partial charge is 0.329 e. The maximum atomic E-state index is 11.7. The van der Waals surface area contributed by atoms with Crippen molar-refractivity contribution in [2.24, 2.45) is 0 Å². The van der Waals surface area contributed by atoms with Crippen LogP contribution in [0.3, 0.4) is 0 Å². The van der Waals surface area contributed by atoms with Gasteiger partial charge >= 0.3 is 5.69 Å². The summed E-state index contributed by atoms with van der Waals surface area (Å²) in [7, 11) is 0. The summed E-state index contributed by atoms with van der Waals surface area (Å²) >= 11 is 5.60. The highest BCUT2D eigenvalue weighted by molar-refractivity contribution is 6.29. The number of morpholine rings is 1. The molecule has 2 heterocycles. The van der Waals surface area contributed by atoms with E-state index >= 15 is 0 Å². The van der Waals surface area contributed by atoms with E-state index in [0.29, 0.717) is 6.61 Å². The highest BCUT2D eigenvalue weighted by Gasteiger charge is 2.20. The van der Waals surface area contributed by atoms with Crippen molar-refractivity contribution in [3.8, 4) is 0 Å². The van der Waals surface area contributed by atoms with Gasteiger partial charge in [0, 0.05) is 19.2 Å². The van der Waals surface area contributed by atoms with Crippen LogP contribution in [0.1, 0.15) is 6.92 Å². The molecule has 0 radical (unpaired) electrons. The zero-order valence-corrected chi connectivity index (χ0v) is 10.9. The minimum atomic E-state index is -0.496. The van der Waals surface area contributed by atoms with Gasteiger partial charge in [-0.2, -0.15) is 0 Å². The van der Waals surface area contributed by atoms with Crippen LogP contribution in [0.2, 0.25) is 5.15 Å². The van der Waals surface area contributed by atoms with E-state index in [1.54, 1.807) is 0 Å². The zero-order chi connectivity index (χ0) is 13.1. The number of aromatic amines is 1. The summed E-state index contributed by atoms with van der Waals surface area (Å²) in [6.07, 6.45) is -0.140. The number of halogens is 1. The largest absolute Gasteiger partial charge is 0.374 e. The second kappa shape index (κ2) is 5.69. The van der Waals surface area contributed by atoms with E-state index < -0.39 is 11.2 Å². The Labute approximate surface area is 109 Å². The molecule has 0 bridgehead atoms. The molecular formula is C11H16ClN3O3. The van der Waals surface area contributed by atoms with Gasteiger partial charge in [0.15, 0.2) is 0 Å². The first-order valence-corrected chi connectivity index (χ1v) is 6.31. The normalized spacial score (nSPS) is 21.1. The average molecular weight is 274 g/mol. The molecule has 1 aromatic heterocycles. The van der Waals surface area contributed by atoms with Crippen molar-refractivity contribution in [3.63, 3.8) is 0 Å². The van der Waals surface area contributed by atoms with Gasteiger partial charge in [-0.15, -0.1) is 0 Å². The Morgan fingerprint density at radius 2 is 2.33 bits per heavy atom. The first-order valence-electron chi connectivity index (χ1n) is 5.93. The Hall–Kier alpha value is -1.11. The molecule has 1 aliphatic rings. The lowest BCUT2D eigenvalue weighted by atomic mass is 10.2. The molecule has 18 heavy (non-hydrogen) atoms. The molecule has 0 amide bonds. The lowest BCUT2D eigenvalue weighted by Crippen LogP contribution is -2.47. The van der Waals surface area contributed by atoms with Gasteiger partial charge in [0.25, 0.3) is 5.56 Å². The number of hydrogen-bond donors (Lipinski definition) is 1. The second-order valence-electron chi connectivity index (χ2n) is 4.26. The number of H-pyrrole nitrogens is 1. The summed E-state index contributed by atoms with van der Waals surface area (Å²) in [5, 5.41) is 0.0565. The van der Waals surface area contributed by atoms with E-state index in [1.807, 2.05) is 0 Å². The van der Waals surface area contributed by atoms with Crippen molar-refractivity contribution in [2.75, 3.05) is 26.2 Å². The summed E-state index contributed by atoms with van der Waals surface area (Å²) in [4.78, 5) is 27.9. The summed E-state index contributed by atoms with van der Waals surface area (Å²) < 4.78 is 6.69. The summed E-state index contributed by atoms with van der Waals surface area (Å²) in [5.41, 5.74) is -0.898. The third-order valence-corrected chi connectivity index (χ3v) is 3.25. The molecular weight excluding hydrogens is 258 g/mol. The van der Waals surface area contributed by atoms with Crippen LogP contribution in [-0.4, -0.2) is 46.8 Å². The molecule has 0 saturated carbocycles. The predicted octanol–water partition coefficient (Wildman–Crippen LogP) is -0.0893. The van der Waals surface area contributed by atoms with Gasteiger partial charge in [0.1, 0.15) is 5.15 Å². The number of hydrogen-bond acceptors (Lipinski definition) is 4. The van der Waals surface area contributed by atoms with Crippen molar-refractivity contribution in [1.82, 2.24) is 14.5 Å². The summed E-state index contributed by atoms with van der Waals surface area (Å²) in [6.45, 7) is 5.50. The highest BCUT2D eigenvalue weighted by atomic mass is 35.5. The predicted molar refractivity (Wildman–Crippen MR) is 68.2 cm³/mol. The van der Waals surface area contributed by atoms with Crippen molar-refractivity contribution >= 4 is 11.6 Å². The highest BCUT2D eigenvalue weighted by Crippen LogP contribution is 2.05. The van der Waals surface area contributed by atoms with Gasteiger partial charge in [-0.1, -0.05) is 18.5 Å². The molecule has 0 aliphatic carbocycles. The third-order valence-electron chi connectivity index (χ3n) is 3.04. The second-order valence-corrected chi connectivity index (χ2v) is 4.66. The van der Waals surface area contributed by atoms with Gasteiger partial charge in [-0.05, 0) is 6.54 Å². The van der Waals surface area contributed by atoms with E-state index in [9.17, 15) is 9.59 Å². The Balaban J connectivity index is 2.14. The fourth-order valence-electron chi connectivity index (χ4n) is 2.05. The number of nitrogens with one attached hydrogen (secondary N) is 1. The first-order chi connectivity index (χ1) is 8.60. The van der Waals surface area contributed by atoms with Crippen LogP contribution < -0.4 is 11.2 Å². The van der Waals surface area contributed by atoms with Crippen molar-refractivity contribution in [2.45, 2.75) is 19.6 Å². The lowest BCUT2D eigenvalue weighted by Gasteiger charge is -2.32. The van der Waals surface area contributed by atoms with Gasteiger partial charge in [0.05, 0.1) is 19.3 Å². The monoisotopic (exact) mass is 273 g/mol. The van der Waals surface area contributed by atoms with Gasteiger partial charge in [-0.25, -0.2) is 4.79 Å². The molecule has 1 aromatic rings. The molecule has 1 atom stereocenters. The van der Waals surface area contributed by atoms with Crippen LogP contribution in [-0.2, 0) is 11.3 Å².